The largest absolute Gasteiger partial charge is 0.449 e. The van der Waals surface area contributed by atoms with Crippen LogP contribution < -0.4 is 29.5 Å². The number of nitrogens with one attached hydrogen (secondary N) is 1. The summed E-state index contributed by atoms with van der Waals surface area (Å²) >= 11 is 2.00. The number of furan rings is 1. The van der Waals surface area contributed by atoms with Crippen molar-refractivity contribution < 1.29 is 44.7 Å². The molecule has 44 heavy (non-hydrogen) atoms. The Morgan fingerprint density at radius 2 is 1.95 bits per heavy atom. The zero-order valence-corrected chi connectivity index (χ0v) is 26.2. The molecule has 1 aliphatic rings. The van der Waals surface area contributed by atoms with E-state index in [2.05, 4.69) is 5.32 Å². The highest BCUT2D eigenvalue weighted by Crippen LogP contribution is 2.50. The van der Waals surface area contributed by atoms with Gasteiger partial charge in [-0.3, -0.25) is 28.8 Å². The molecule has 0 bridgehead atoms. The summed E-state index contributed by atoms with van der Waals surface area (Å²) in [6, 6.07) is 6.36. The van der Waals surface area contributed by atoms with Gasteiger partial charge in [0, 0.05) is 57.1 Å². The van der Waals surface area contributed by atoms with Crippen LogP contribution in [0.5, 0.6) is 0 Å². The lowest BCUT2D eigenvalue weighted by Gasteiger charge is -2.18. The van der Waals surface area contributed by atoms with Gasteiger partial charge in [-0.1, -0.05) is 0 Å². The number of thioether (sulfide) groups is 1. The third-order valence-corrected chi connectivity index (χ3v) is 9.66. The summed E-state index contributed by atoms with van der Waals surface area (Å²) in [7, 11) is -4.31. The monoisotopic (exact) mass is 675 g/mol. The average Bonchev–Trinajstić information content (AvgIpc) is 3.57. The predicted molar refractivity (Wildman–Crippen MR) is 158 cm³/mol. The molecule has 238 valence electrons. The number of carbonyl (C=O) groups is 2. The van der Waals surface area contributed by atoms with Gasteiger partial charge in [-0.15, -0.1) is 11.3 Å². The number of halogens is 3. The Bertz CT molecular complexity index is 1850. The van der Waals surface area contributed by atoms with E-state index in [4.69, 9.17) is 8.97 Å². The van der Waals surface area contributed by atoms with Crippen molar-refractivity contribution in [3.05, 3.63) is 61.5 Å². The summed E-state index contributed by atoms with van der Waals surface area (Å²) < 4.78 is 81.2. The molecule has 0 fully saturated rings. The van der Waals surface area contributed by atoms with Crippen LogP contribution in [0.1, 0.15) is 51.0 Å². The summed E-state index contributed by atoms with van der Waals surface area (Å²) in [5.74, 6) is -2.58. The Morgan fingerprint density at radius 1 is 1.20 bits per heavy atom. The SMILES string of the molecule is CCn1c(=Cc2cccc[n+]2CCCCC(=O)NC(C)=O)sc(=C2Sc3oc(C(F)(F)F)cc3N2CCCS(=O)(=O)O)c1=O. The number of nitrogens with zero attached hydrogens (tertiary/aromatic N) is 3. The molecule has 2 amide bonds. The Balaban J connectivity index is 1.70. The average molecular weight is 676 g/mol. The molecule has 0 unspecified atom stereocenters. The van der Waals surface area contributed by atoms with E-state index in [0.29, 0.717) is 35.6 Å². The molecular weight excluding hydrogens is 646 g/mol. The van der Waals surface area contributed by atoms with Gasteiger partial charge in [0.05, 0.1) is 11.4 Å². The Kier molecular flexibility index (Phi) is 10.4. The highest BCUT2D eigenvalue weighted by molar-refractivity contribution is 8.08. The van der Waals surface area contributed by atoms with Crippen LogP contribution in [0.3, 0.4) is 0 Å². The fourth-order valence-electron chi connectivity index (χ4n) is 4.56. The standard InChI is InChI=1S/C27H29F3N4O7S3/c1-3-33-22(15-18-9-4-6-11-32(18)12-7-5-10-21(36)31-17(2)35)42-23(24(33)37)25-34(13-8-14-44(38,39)40)19-16-20(27(28,29)30)41-26(19)43-25/h4,6,9,11,15-16H,3,5,7-8,10,12-14H2,1-2H3,(H-,31,35,36,38,39,40)/p+1. The van der Waals surface area contributed by atoms with Gasteiger partial charge >= 0.3 is 6.18 Å². The number of thiazole rings is 1. The Labute approximate surface area is 258 Å². The van der Waals surface area contributed by atoms with Crippen molar-refractivity contribution in [2.24, 2.45) is 0 Å². The lowest BCUT2D eigenvalue weighted by molar-refractivity contribution is -0.699. The third kappa shape index (κ3) is 8.19. The van der Waals surface area contributed by atoms with Gasteiger partial charge < -0.3 is 9.32 Å². The molecule has 0 atom stereocenters. The van der Waals surface area contributed by atoms with Gasteiger partial charge in [0.25, 0.3) is 15.7 Å². The number of amides is 2. The van der Waals surface area contributed by atoms with E-state index >= 15 is 0 Å². The zero-order chi connectivity index (χ0) is 32.2. The minimum absolute atomic E-state index is 0.0620. The molecule has 3 aromatic rings. The molecule has 0 saturated carbocycles. The van der Waals surface area contributed by atoms with Crippen LogP contribution in [0, 0.1) is 0 Å². The lowest BCUT2D eigenvalue weighted by atomic mass is 10.2. The van der Waals surface area contributed by atoms with E-state index in [1.54, 1.807) is 6.92 Å². The molecule has 4 heterocycles. The molecule has 17 heteroatoms. The number of unbranched alkanes of at least 4 members (excludes halogenated alkanes) is 1. The second kappa shape index (κ2) is 13.7. The van der Waals surface area contributed by atoms with Crippen molar-refractivity contribution in [1.82, 2.24) is 9.88 Å². The number of pyridine rings is 1. The van der Waals surface area contributed by atoms with Crippen LogP contribution in [0.15, 0.2) is 44.8 Å². The molecular formula is C27H30F3N4O7S3+. The molecule has 11 nitrogen and oxygen atoms in total. The Morgan fingerprint density at radius 3 is 2.61 bits per heavy atom. The van der Waals surface area contributed by atoms with Crippen LogP contribution in [-0.2, 0) is 39.0 Å². The van der Waals surface area contributed by atoms with E-state index in [1.165, 1.54) is 16.4 Å². The fraction of sp³-hybridized carbons (Fsp3) is 0.407. The summed E-state index contributed by atoms with van der Waals surface area (Å²) in [4.78, 5) is 37.8. The van der Waals surface area contributed by atoms with Crippen molar-refractivity contribution >= 4 is 61.8 Å². The molecule has 2 N–H and O–H groups in total. The van der Waals surface area contributed by atoms with Gasteiger partial charge in [-0.2, -0.15) is 26.2 Å². The van der Waals surface area contributed by atoms with Gasteiger partial charge in [0.15, 0.2) is 11.3 Å². The van der Waals surface area contributed by atoms with E-state index in [9.17, 15) is 36.0 Å². The molecule has 0 aliphatic carbocycles. The van der Waals surface area contributed by atoms with Gasteiger partial charge in [-0.25, -0.2) is 0 Å². The maximum Gasteiger partial charge on any atom is 0.449 e. The number of aromatic nitrogens is 2. The smallest absolute Gasteiger partial charge is 0.443 e. The number of aryl methyl sites for hydroxylation is 1. The first-order chi connectivity index (χ1) is 20.7. The second-order valence-electron chi connectivity index (χ2n) is 9.82. The van der Waals surface area contributed by atoms with E-state index in [1.807, 2.05) is 35.0 Å². The van der Waals surface area contributed by atoms with Crippen LogP contribution in [0.4, 0.5) is 18.9 Å². The summed E-state index contributed by atoms with van der Waals surface area (Å²) in [6.07, 6.45) is 0.237. The van der Waals surface area contributed by atoms with Crippen molar-refractivity contribution in [3.63, 3.8) is 0 Å². The van der Waals surface area contributed by atoms with Gasteiger partial charge in [0.1, 0.15) is 20.8 Å². The Hall–Kier alpha value is -3.41. The van der Waals surface area contributed by atoms with Crippen molar-refractivity contribution in [3.8, 4) is 0 Å². The summed E-state index contributed by atoms with van der Waals surface area (Å²) in [6.45, 7) is 3.84. The zero-order valence-electron chi connectivity index (χ0n) is 23.7. The number of anilines is 1. The highest BCUT2D eigenvalue weighted by Gasteiger charge is 2.40. The minimum atomic E-state index is -4.74. The van der Waals surface area contributed by atoms with Crippen LogP contribution in [0.2, 0.25) is 0 Å². The number of alkyl halides is 3. The molecule has 0 aromatic carbocycles. The molecule has 0 radical (unpaired) electrons. The van der Waals surface area contributed by atoms with E-state index < -0.39 is 33.7 Å². The molecule has 4 rings (SSSR count). The van der Waals surface area contributed by atoms with Gasteiger partial charge in [-0.05, 0) is 37.6 Å². The number of hydrogen-bond acceptors (Lipinski definition) is 9. The van der Waals surface area contributed by atoms with Crippen molar-refractivity contribution in [1.29, 1.82) is 0 Å². The first-order valence-electron chi connectivity index (χ1n) is 13.5. The number of hydrogen-bond donors (Lipinski definition) is 2. The molecule has 1 aliphatic heterocycles. The van der Waals surface area contributed by atoms with Crippen LogP contribution in [-0.4, -0.2) is 41.6 Å². The summed E-state index contributed by atoms with van der Waals surface area (Å²) in [5.41, 5.74) is 0.463. The quantitative estimate of drug-likeness (QED) is 0.178. The fourth-order valence-corrected chi connectivity index (χ4v) is 7.47. The number of rotatable bonds is 11. The highest BCUT2D eigenvalue weighted by atomic mass is 32.2. The van der Waals surface area contributed by atoms with Crippen molar-refractivity contribution in [2.75, 3.05) is 17.2 Å². The molecule has 0 saturated heterocycles. The number of fused-ring (bicyclic) bond motifs is 1. The maximum atomic E-state index is 13.6. The van der Waals surface area contributed by atoms with E-state index in [-0.39, 0.29) is 46.2 Å². The normalized spacial score (nSPS) is 15.1. The first kappa shape index (κ1) is 33.5. The van der Waals surface area contributed by atoms with Crippen LogP contribution >= 0.6 is 23.1 Å². The molecule has 3 aromatic heterocycles. The minimum Gasteiger partial charge on any atom is -0.443 e. The lowest BCUT2D eigenvalue weighted by Crippen LogP contribution is -2.38. The van der Waals surface area contributed by atoms with E-state index in [0.717, 1.165) is 34.9 Å². The second-order valence-corrected chi connectivity index (χ2v) is 13.4. The van der Waals surface area contributed by atoms with Crippen LogP contribution in [0.25, 0.3) is 11.1 Å². The molecule has 0 spiro atoms. The topological polar surface area (TPSA) is 143 Å². The third-order valence-electron chi connectivity index (χ3n) is 6.51. The maximum absolute atomic E-state index is 13.6. The predicted octanol–water partition coefficient (Wildman–Crippen LogP) is 2.45. The van der Waals surface area contributed by atoms with Gasteiger partial charge in [0.2, 0.25) is 23.3 Å². The first-order valence-corrected chi connectivity index (χ1v) is 16.8. The van der Waals surface area contributed by atoms with Crippen molar-refractivity contribution in [2.45, 2.75) is 63.9 Å². The summed E-state index contributed by atoms with van der Waals surface area (Å²) in [5, 5.41) is 2.48. The number of carbonyl (C=O) groups excluding carboxylic acids is 2. The number of imide groups is 1.